The minimum absolute atomic E-state index is 0.159. The number of rotatable bonds is 5. The van der Waals surface area contributed by atoms with Crippen molar-refractivity contribution in [2.45, 2.75) is 19.3 Å². The Kier molecular flexibility index (Phi) is 5.57. The number of carbonyl (C=O) groups excluding carboxylic acids is 1. The van der Waals surface area contributed by atoms with Gasteiger partial charge >= 0.3 is 0 Å². The maximum Gasteiger partial charge on any atom is 0.256 e. The van der Waals surface area contributed by atoms with Crippen LogP contribution in [-0.4, -0.2) is 19.0 Å². The number of furan rings is 1. The summed E-state index contributed by atoms with van der Waals surface area (Å²) in [6.07, 6.45) is 7.18. The second-order valence-corrected chi connectivity index (χ2v) is 6.99. The van der Waals surface area contributed by atoms with Crippen LogP contribution in [0, 0.1) is 0 Å². The number of hydrogen-bond donors (Lipinski definition) is 1. The zero-order valence-electron chi connectivity index (χ0n) is 15.8. The van der Waals surface area contributed by atoms with E-state index in [1.807, 2.05) is 54.6 Å². The molecule has 2 aromatic carbocycles. The van der Waals surface area contributed by atoms with Crippen LogP contribution in [0.1, 0.15) is 30.6 Å². The molecule has 1 aliphatic rings. The van der Waals surface area contributed by atoms with E-state index in [-0.39, 0.29) is 5.91 Å². The van der Waals surface area contributed by atoms with Gasteiger partial charge in [-0.1, -0.05) is 30.3 Å². The van der Waals surface area contributed by atoms with Crippen molar-refractivity contribution in [3.05, 3.63) is 84.3 Å². The van der Waals surface area contributed by atoms with Crippen LogP contribution in [0.15, 0.2) is 77.4 Å². The van der Waals surface area contributed by atoms with Gasteiger partial charge in [0.2, 0.25) is 0 Å². The standard InChI is InChI=1S/C24H24N2O2/c27-24(23(18-22-10-7-17-28-22)19-8-3-1-4-9-19)25-20-11-13-21(14-12-20)26-15-5-2-6-16-26/h1,3-4,7-14,17-18H,2,5-6,15-16H2,(H,25,27)/b23-18+. The fourth-order valence-corrected chi connectivity index (χ4v) is 3.52. The quantitative estimate of drug-likeness (QED) is 0.606. The second-order valence-electron chi connectivity index (χ2n) is 6.99. The molecule has 1 saturated heterocycles. The summed E-state index contributed by atoms with van der Waals surface area (Å²) >= 11 is 0. The SMILES string of the molecule is O=C(Nc1ccc(N2CCCCC2)cc1)/C(=C/c1ccco1)c1ccccc1. The highest BCUT2D eigenvalue weighted by molar-refractivity contribution is 6.29. The number of anilines is 2. The van der Waals surface area contributed by atoms with E-state index in [2.05, 4.69) is 22.3 Å². The van der Waals surface area contributed by atoms with Gasteiger partial charge in [0, 0.05) is 24.5 Å². The Morgan fingerprint density at radius 3 is 2.32 bits per heavy atom. The van der Waals surface area contributed by atoms with Crippen LogP contribution < -0.4 is 10.2 Å². The Balaban J connectivity index is 1.53. The summed E-state index contributed by atoms with van der Waals surface area (Å²) in [5.41, 5.74) is 3.41. The highest BCUT2D eigenvalue weighted by Gasteiger charge is 2.14. The third-order valence-corrected chi connectivity index (χ3v) is 5.01. The molecule has 142 valence electrons. The Labute approximate surface area is 165 Å². The van der Waals surface area contributed by atoms with Crippen LogP contribution >= 0.6 is 0 Å². The number of hydrogen-bond acceptors (Lipinski definition) is 3. The lowest BCUT2D eigenvalue weighted by Crippen LogP contribution is -2.29. The van der Waals surface area contributed by atoms with Gasteiger partial charge in [-0.2, -0.15) is 0 Å². The summed E-state index contributed by atoms with van der Waals surface area (Å²) in [6, 6.07) is 21.4. The predicted octanol–water partition coefficient (Wildman–Crippen LogP) is 5.45. The summed E-state index contributed by atoms with van der Waals surface area (Å²) in [6.45, 7) is 2.21. The molecule has 0 aliphatic carbocycles. The minimum Gasteiger partial charge on any atom is -0.465 e. The van der Waals surface area contributed by atoms with Gasteiger partial charge in [0.05, 0.1) is 11.8 Å². The maximum absolute atomic E-state index is 13.0. The Morgan fingerprint density at radius 2 is 1.64 bits per heavy atom. The molecule has 0 unspecified atom stereocenters. The number of nitrogens with zero attached hydrogens (tertiary/aromatic N) is 1. The lowest BCUT2D eigenvalue weighted by molar-refractivity contribution is -0.111. The maximum atomic E-state index is 13.0. The molecule has 3 aromatic rings. The van der Waals surface area contributed by atoms with E-state index in [1.54, 1.807) is 12.3 Å². The number of piperidine rings is 1. The number of benzene rings is 2. The second kappa shape index (κ2) is 8.61. The smallest absolute Gasteiger partial charge is 0.256 e. The Morgan fingerprint density at radius 1 is 0.893 bits per heavy atom. The first kappa shape index (κ1) is 18.1. The van der Waals surface area contributed by atoms with Crippen LogP contribution in [0.2, 0.25) is 0 Å². The van der Waals surface area contributed by atoms with E-state index in [0.717, 1.165) is 24.3 Å². The molecule has 0 atom stereocenters. The van der Waals surface area contributed by atoms with Crippen molar-refractivity contribution in [3.63, 3.8) is 0 Å². The van der Waals surface area contributed by atoms with Gasteiger partial charge in [0.15, 0.2) is 0 Å². The van der Waals surface area contributed by atoms with E-state index in [0.29, 0.717) is 11.3 Å². The van der Waals surface area contributed by atoms with Gasteiger partial charge in [0.1, 0.15) is 5.76 Å². The van der Waals surface area contributed by atoms with Crippen molar-refractivity contribution in [1.82, 2.24) is 0 Å². The summed E-state index contributed by atoms with van der Waals surface area (Å²) < 4.78 is 5.41. The van der Waals surface area contributed by atoms with Gasteiger partial charge in [0.25, 0.3) is 5.91 Å². The molecule has 4 rings (SSSR count). The van der Waals surface area contributed by atoms with Gasteiger partial charge < -0.3 is 14.6 Å². The van der Waals surface area contributed by atoms with E-state index >= 15 is 0 Å². The van der Waals surface area contributed by atoms with Crippen LogP contribution in [0.4, 0.5) is 11.4 Å². The Hall–Kier alpha value is -3.27. The molecule has 1 N–H and O–H groups in total. The van der Waals surface area contributed by atoms with E-state index in [9.17, 15) is 4.79 Å². The molecule has 2 heterocycles. The average Bonchev–Trinajstić information content (AvgIpc) is 3.27. The van der Waals surface area contributed by atoms with Crippen molar-refractivity contribution in [2.24, 2.45) is 0 Å². The normalized spacial score (nSPS) is 14.7. The Bertz CT molecular complexity index is 923. The fourth-order valence-electron chi connectivity index (χ4n) is 3.52. The van der Waals surface area contributed by atoms with Gasteiger partial charge in [-0.15, -0.1) is 0 Å². The molecule has 0 bridgehead atoms. The summed E-state index contributed by atoms with van der Waals surface area (Å²) in [5, 5.41) is 3.02. The minimum atomic E-state index is -0.159. The van der Waals surface area contributed by atoms with Crippen molar-refractivity contribution < 1.29 is 9.21 Å². The van der Waals surface area contributed by atoms with Gasteiger partial charge in [-0.05, 0) is 67.3 Å². The molecule has 1 amide bonds. The summed E-state index contributed by atoms with van der Waals surface area (Å²) in [5.74, 6) is 0.489. The molecule has 4 nitrogen and oxygen atoms in total. The van der Waals surface area contributed by atoms with Crippen molar-refractivity contribution in [1.29, 1.82) is 0 Å². The average molecular weight is 372 g/mol. The zero-order chi connectivity index (χ0) is 19.2. The van der Waals surface area contributed by atoms with Gasteiger partial charge in [-0.25, -0.2) is 0 Å². The first-order valence-corrected chi connectivity index (χ1v) is 9.76. The van der Waals surface area contributed by atoms with Crippen LogP contribution in [0.3, 0.4) is 0 Å². The molecular weight excluding hydrogens is 348 g/mol. The fraction of sp³-hybridized carbons (Fsp3) is 0.208. The molecule has 0 saturated carbocycles. The molecule has 1 aliphatic heterocycles. The predicted molar refractivity (Wildman–Crippen MR) is 114 cm³/mol. The lowest BCUT2D eigenvalue weighted by Gasteiger charge is -2.28. The molecule has 4 heteroatoms. The molecule has 1 aromatic heterocycles. The van der Waals surface area contributed by atoms with E-state index in [1.165, 1.54) is 24.9 Å². The summed E-state index contributed by atoms with van der Waals surface area (Å²) in [4.78, 5) is 15.4. The number of nitrogens with one attached hydrogen (secondary N) is 1. The highest BCUT2D eigenvalue weighted by Crippen LogP contribution is 2.24. The zero-order valence-corrected chi connectivity index (χ0v) is 15.8. The highest BCUT2D eigenvalue weighted by atomic mass is 16.3. The molecular formula is C24H24N2O2. The number of amides is 1. The van der Waals surface area contributed by atoms with E-state index < -0.39 is 0 Å². The molecule has 0 radical (unpaired) electrons. The molecule has 1 fully saturated rings. The largest absolute Gasteiger partial charge is 0.465 e. The van der Waals surface area contributed by atoms with Crippen molar-refractivity contribution >= 4 is 28.9 Å². The monoisotopic (exact) mass is 372 g/mol. The van der Waals surface area contributed by atoms with Crippen molar-refractivity contribution in [3.8, 4) is 0 Å². The first-order valence-electron chi connectivity index (χ1n) is 9.76. The van der Waals surface area contributed by atoms with Crippen LogP contribution in [0.5, 0.6) is 0 Å². The molecule has 28 heavy (non-hydrogen) atoms. The number of carbonyl (C=O) groups is 1. The lowest BCUT2D eigenvalue weighted by atomic mass is 10.0. The topological polar surface area (TPSA) is 45.5 Å². The first-order chi connectivity index (χ1) is 13.8. The van der Waals surface area contributed by atoms with E-state index in [4.69, 9.17) is 4.42 Å². The van der Waals surface area contributed by atoms with Crippen LogP contribution in [-0.2, 0) is 4.79 Å². The third-order valence-electron chi connectivity index (χ3n) is 5.01. The summed E-state index contributed by atoms with van der Waals surface area (Å²) in [7, 11) is 0. The van der Waals surface area contributed by atoms with Crippen molar-refractivity contribution in [2.75, 3.05) is 23.3 Å². The molecule has 0 spiro atoms. The van der Waals surface area contributed by atoms with Crippen LogP contribution in [0.25, 0.3) is 11.6 Å². The third kappa shape index (κ3) is 4.34. The van der Waals surface area contributed by atoms with Gasteiger partial charge in [-0.3, -0.25) is 4.79 Å².